The third-order valence-corrected chi connectivity index (χ3v) is 3.55. The van der Waals surface area contributed by atoms with Crippen LogP contribution in [0, 0.1) is 0 Å². The average molecular weight is 258 g/mol. The molecule has 2 aromatic rings. The van der Waals surface area contributed by atoms with Crippen LogP contribution in [0.4, 0.5) is 5.00 Å². The monoisotopic (exact) mass is 258 g/mol. The number of anilines is 1. The number of aromatic nitrogens is 5. The summed E-state index contributed by atoms with van der Waals surface area (Å²) in [6, 6.07) is 0. The highest BCUT2D eigenvalue weighted by molar-refractivity contribution is 7.98. The molecule has 86 valence electrons. The highest BCUT2D eigenvalue weighted by Crippen LogP contribution is 2.23. The summed E-state index contributed by atoms with van der Waals surface area (Å²) in [5.41, 5.74) is 6.19. The maximum absolute atomic E-state index is 11.3. The van der Waals surface area contributed by atoms with Gasteiger partial charge in [-0.05, 0) is 6.92 Å². The summed E-state index contributed by atoms with van der Waals surface area (Å²) < 4.78 is 5.29. The van der Waals surface area contributed by atoms with Crippen LogP contribution >= 0.6 is 23.3 Å². The van der Waals surface area contributed by atoms with Crippen molar-refractivity contribution in [1.29, 1.82) is 0 Å². The van der Waals surface area contributed by atoms with E-state index in [0.717, 1.165) is 17.2 Å². The average Bonchev–Trinajstić information content (AvgIpc) is 2.82. The van der Waals surface area contributed by atoms with E-state index in [0.29, 0.717) is 22.5 Å². The number of nitrogen functional groups attached to an aromatic ring is 1. The molecular formula is C7H10N6OS2. The molecule has 0 aliphatic rings. The largest absolute Gasteiger partial charge is 0.388 e. The second kappa shape index (κ2) is 4.66. The summed E-state index contributed by atoms with van der Waals surface area (Å²) in [4.78, 5) is 11.3. The molecule has 0 amide bonds. The molecule has 0 unspecified atom stereocenters. The van der Waals surface area contributed by atoms with Crippen molar-refractivity contribution in [2.75, 3.05) is 5.73 Å². The van der Waals surface area contributed by atoms with Crippen molar-refractivity contribution in [3.63, 3.8) is 0 Å². The Morgan fingerprint density at radius 1 is 1.62 bits per heavy atom. The molecule has 0 radical (unpaired) electrons. The van der Waals surface area contributed by atoms with E-state index >= 15 is 0 Å². The van der Waals surface area contributed by atoms with E-state index in [1.807, 2.05) is 6.92 Å². The number of aromatic amines is 1. The second-order valence-electron chi connectivity index (χ2n) is 2.93. The normalized spacial score (nSPS) is 10.8. The van der Waals surface area contributed by atoms with Crippen molar-refractivity contribution in [2.24, 2.45) is 0 Å². The lowest BCUT2D eigenvalue weighted by atomic mass is 10.5. The highest BCUT2D eigenvalue weighted by Gasteiger charge is 2.10. The SMILES string of the molecule is CCn1c(SCc2nnsc2N)n[nH]c1=O. The van der Waals surface area contributed by atoms with Gasteiger partial charge in [0, 0.05) is 23.8 Å². The molecule has 0 aliphatic heterocycles. The van der Waals surface area contributed by atoms with Crippen molar-refractivity contribution in [3.05, 3.63) is 16.2 Å². The minimum Gasteiger partial charge on any atom is -0.388 e. The predicted octanol–water partition coefficient (Wildman–Crippen LogP) is 0.317. The van der Waals surface area contributed by atoms with E-state index in [1.54, 1.807) is 4.57 Å². The number of nitrogens with zero attached hydrogens (tertiary/aromatic N) is 4. The molecule has 2 aromatic heterocycles. The van der Waals surface area contributed by atoms with E-state index in [4.69, 9.17) is 5.73 Å². The Balaban J connectivity index is 2.10. The predicted molar refractivity (Wildman–Crippen MR) is 62.4 cm³/mol. The van der Waals surface area contributed by atoms with Gasteiger partial charge in [-0.2, -0.15) is 0 Å². The van der Waals surface area contributed by atoms with Crippen molar-refractivity contribution in [3.8, 4) is 0 Å². The first-order chi connectivity index (χ1) is 7.72. The van der Waals surface area contributed by atoms with Crippen molar-refractivity contribution in [1.82, 2.24) is 24.4 Å². The minimum atomic E-state index is -0.200. The second-order valence-corrected chi connectivity index (χ2v) is 4.66. The molecule has 7 nitrogen and oxygen atoms in total. The summed E-state index contributed by atoms with van der Waals surface area (Å²) >= 11 is 2.57. The number of thioether (sulfide) groups is 1. The third kappa shape index (κ3) is 2.09. The Labute approximate surface area is 99.2 Å². The Hall–Kier alpha value is -1.35. The molecule has 16 heavy (non-hydrogen) atoms. The van der Waals surface area contributed by atoms with E-state index in [9.17, 15) is 4.79 Å². The molecule has 3 N–H and O–H groups in total. The number of rotatable bonds is 4. The van der Waals surface area contributed by atoms with Crippen LogP contribution in [0.15, 0.2) is 9.95 Å². The van der Waals surface area contributed by atoms with Gasteiger partial charge in [0.2, 0.25) is 0 Å². The van der Waals surface area contributed by atoms with Crippen LogP contribution in [0.3, 0.4) is 0 Å². The first kappa shape index (κ1) is 11.1. The van der Waals surface area contributed by atoms with Gasteiger partial charge in [-0.15, -0.1) is 10.2 Å². The van der Waals surface area contributed by atoms with Crippen LogP contribution in [-0.4, -0.2) is 24.4 Å². The fraction of sp³-hybridized carbons (Fsp3) is 0.429. The van der Waals surface area contributed by atoms with Gasteiger partial charge in [0.25, 0.3) is 0 Å². The molecule has 2 heterocycles. The molecule has 0 bridgehead atoms. The first-order valence-corrected chi connectivity index (χ1v) is 6.33. The fourth-order valence-corrected chi connectivity index (χ4v) is 2.64. The fourth-order valence-electron chi connectivity index (χ4n) is 1.14. The molecule has 0 aromatic carbocycles. The summed E-state index contributed by atoms with van der Waals surface area (Å²) in [7, 11) is 0. The van der Waals surface area contributed by atoms with Crippen LogP contribution in [0.1, 0.15) is 12.6 Å². The lowest BCUT2D eigenvalue weighted by Crippen LogP contribution is -2.16. The number of hydrogen-bond donors (Lipinski definition) is 2. The van der Waals surface area contributed by atoms with Crippen LogP contribution in [0.5, 0.6) is 0 Å². The standard InChI is InChI=1S/C7H10N6OS2/c1-2-13-6(14)10-11-7(13)15-3-4-5(8)16-12-9-4/h2-3,8H2,1H3,(H,10,14). The topological polar surface area (TPSA) is 102 Å². The molecule has 0 atom stereocenters. The van der Waals surface area contributed by atoms with Crippen molar-refractivity contribution in [2.45, 2.75) is 24.4 Å². The van der Waals surface area contributed by atoms with E-state index in [1.165, 1.54) is 11.8 Å². The zero-order valence-corrected chi connectivity index (χ0v) is 10.1. The Bertz CT molecular complexity index is 529. The maximum Gasteiger partial charge on any atom is 0.343 e. The molecule has 0 saturated heterocycles. The van der Waals surface area contributed by atoms with Gasteiger partial charge in [0.05, 0.1) is 0 Å². The van der Waals surface area contributed by atoms with Crippen molar-refractivity contribution < 1.29 is 0 Å². The Morgan fingerprint density at radius 2 is 2.44 bits per heavy atom. The van der Waals surface area contributed by atoms with Crippen LogP contribution in [0.25, 0.3) is 0 Å². The van der Waals surface area contributed by atoms with Crippen LogP contribution in [-0.2, 0) is 12.3 Å². The summed E-state index contributed by atoms with van der Waals surface area (Å²) in [5.74, 6) is 0.562. The number of nitrogens with two attached hydrogens (primary N) is 1. The summed E-state index contributed by atoms with van der Waals surface area (Å²) in [6.45, 7) is 2.47. The van der Waals surface area contributed by atoms with E-state index in [-0.39, 0.29) is 5.69 Å². The van der Waals surface area contributed by atoms with E-state index < -0.39 is 0 Å². The van der Waals surface area contributed by atoms with Crippen molar-refractivity contribution >= 4 is 28.3 Å². The van der Waals surface area contributed by atoms with Gasteiger partial charge >= 0.3 is 5.69 Å². The summed E-state index contributed by atoms with van der Waals surface area (Å²) in [5, 5.41) is 11.5. The molecular weight excluding hydrogens is 248 g/mol. The minimum absolute atomic E-state index is 0.200. The zero-order valence-electron chi connectivity index (χ0n) is 8.51. The first-order valence-electron chi connectivity index (χ1n) is 4.57. The molecule has 0 aliphatic carbocycles. The van der Waals surface area contributed by atoms with Gasteiger partial charge in [0.1, 0.15) is 10.7 Å². The molecule has 0 fully saturated rings. The van der Waals surface area contributed by atoms with Gasteiger partial charge in [-0.1, -0.05) is 16.3 Å². The van der Waals surface area contributed by atoms with Gasteiger partial charge in [-0.25, -0.2) is 9.89 Å². The van der Waals surface area contributed by atoms with Crippen LogP contribution in [0.2, 0.25) is 0 Å². The lowest BCUT2D eigenvalue weighted by molar-refractivity contribution is 0.660. The molecule has 0 saturated carbocycles. The van der Waals surface area contributed by atoms with E-state index in [2.05, 4.69) is 19.8 Å². The van der Waals surface area contributed by atoms with Gasteiger partial charge in [-0.3, -0.25) is 4.57 Å². The van der Waals surface area contributed by atoms with Crippen LogP contribution < -0.4 is 11.4 Å². The number of hydrogen-bond acceptors (Lipinski definition) is 7. The lowest BCUT2D eigenvalue weighted by Gasteiger charge is -2.00. The molecule has 0 spiro atoms. The molecule has 9 heteroatoms. The zero-order chi connectivity index (χ0) is 11.5. The maximum atomic E-state index is 11.3. The summed E-state index contributed by atoms with van der Waals surface area (Å²) in [6.07, 6.45) is 0. The van der Waals surface area contributed by atoms with Gasteiger partial charge < -0.3 is 5.73 Å². The Morgan fingerprint density at radius 3 is 3.06 bits per heavy atom. The Kier molecular flexibility index (Phi) is 3.25. The number of H-pyrrole nitrogens is 1. The quantitative estimate of drug-likeness (QED) is 0.765. The highest BCUT2D eigenvalue weighted by atomic mass is 32.2. The van der Waals surface area contributed by atoms with Gasteiger partial charge in [0.15, 0.2) is 5.16 Å². The third-order valence-electron chi connectivity index (χ3n) is 1.96. The molecule has 2 rings (SSSR count). The number of nitrogens with one attached hydrogen (secondary N) is 1. The smallest absolute Gasteiger partial charge is 0.343 e.